The van der Waals surface area contributed by atoms with Crippen molar-refractivity contribution in [3.8, 4) is 0 Å². The van der Waals surface area contributed by atoms with E-state index in [0.29, 0.717) is 0 Å². The van der Waals surface area contributed by atoms with Gasteiger partial charge in [0, 0.05) is 16.8 Å². The molecule has 0 heterocycles. The molecule has 0 radical (unpaired) electrons. The van der Waals surface area contributed by atoms with Crippen molar-refractivity contribution >= 4 is 33.3 Å². The van der Waals surface area contributed by atoms with E-state index >= 15 is 0 Å². The first-order valence-electron chi connectivity index (χ1n) is 5.61. The smallest absolute Gasteiger partial charge is 0.330 e. The first-order chi connectivity index (χ1) is 9.14. The highest BCUT2D eigenvalue weighted by molar-refractivity contribution is 7.92. The molecule has 1 aromatic rings. The molecule has 2 N–H and O–H groups in total. The molecular formula is C12H14ClNO5S. The summed E-state index contributed by atoms with van der Waals surface area (Å²) in [6, 6.07) is 4.72. The van der Waals surface area contributed by atoms with Crippen LogP contribution < -0.4 is 5.32 Å². The van der Waals surface area contributed by atoms with Crippen LogP contribution in [0.1, 0.15) is 18.5 Å². The molecule has 0 saturated carbocycles. The minimum Gasteiger partial charge on any atom is -0.479 e. The van der Waals surface area contributed by atoms with Crippen LogP contribution in [0.25, 0.3) is 0 Å². The maximum absolute atomic E-state index is 11.8. The third-order valence-corrected chi connectivity index (χ3v) is 4.60. The van der Waals surface area contributed by atoms with Crippen LogP contribution in [0.3, 0.4) is 0 Å². The van der Waals surface area contributed by atoms with Gasteiger partial charge < -0.3 is 10.4 Å². The molecule has 20 heavy (non-hydrogen) atoms. The quantitative estimate of drug-likeness (QED) is 0.843. The summed E-state index contributed by atoms with van der Waals surface area (Å²) < 4.78 is 22.6. The van der Waals surface area contributed by atoms with E-state index in [1.54, 1.807) is 12.1 Å². The molecule has 2 atom stereocenters. The Morgan fingerprint density at radius 2 is 1.85 bits per heavy atom. The number of carbonyl (C=O) groups excluding carboxylic acids is 1. The van der Waals surface area contributed by atoms with Gasteiger partial charge in [0.1, 0.15) is 5.25 Å². The highest BCUT2D eigenvalue weighted by Crippen LogP contribution is 2.23. The van der Waals surface area contributed by atoms with Gasteiger partial charge >= 0.3 is 5.97 Å². The molecule has 8 heteroatoms. The maximum atomic E-state index is 11.8. The number of aliphatic carboxylic acids is 1. The van der Waals surface area contributed by atoms with E-state index in [1.165, 1.54) is 19.1 Å². The molecule has 1 aromatic carbocycles. The maximum Gasteiger partial charge on any atom is 0.330 e. The normalized spacial score (nSPS) is 14.3. The van der Waals surface area contributed by atoms with E-state index < -0.39 is 33.0 Å². The number of amides is 1. The highest BCUT2D eigenvalue weighted by atomic mass is 35.5. The van der Waals surface area contributed by atoms with Crippen molar-refractivity contribution < 1.29 is 23.1 Å². The predicted octanol–water partition coefficient (Wildman–Crippen LogP) is 1.01. The van der Waals surface area contributed by atoms with Crippen LogP contribution in [0.15, 0.2) is 24.3 Å². The van der Waals surface area contributed by atoms with Crippen LogP contribution in [0.5, 0.6) is 0 Å². The lowest BCUT2D eigenvalue weighted by Crippen LogP contribution is -2.42. The second-order valence-electron chi connectivity index (χ2n) is 4.27. The summed E-state index contributed by atoms with van der Waals surface area (Å²) in [4.78, 5) is 23.0. The zero-order valence-electron chi connectivity index (χ0n) is 10.8. The van der Waals surface area contributed by atoms with E-state index in [-0.39, 0.29) is 10.6 Å². The average molecular weight is 320 g/mol. The third kappa shape index (κ3) is 3.94. The Kier molecular flexibility index (Phi) is 5.13. The lowest BCUT2D eigenvalue weighted by molar-refractivity contribution is -0.141. The topological polar surface area (TPSA) is 101 Å². The van der Waals surface area contributed by atoms with E-state index in [9.17, 15) is 18.0 Å². The highest BCUT2D eigenvalue weighted by Gasteiger charge is 2.30. The molecule has 0 spiro atoms. The van der Waals surface area contributed by atoms with Crippen LogP contribution in [0, 0.1) is 0 Å². The molecule has 0 saturated heterocycles. The first kappa shape index (κ1) is 16.5. The van der Waals surface area contributed by atoms with Gasteiger partial charge in [0.2, 0.25) is 5.91 Å². The summed E-state index contributed by atoms with van der Waals surface area (Å²) in [5.74, 6) is -2.22. The average Bonchev–Trinajstić information content (AvgIpc) is 2.34. The molecule has 1 rings (SSSR count). The number of sulfone groups is 1. The van der Waals surface area contributed by atoms with Crippen molar-refractivity contribution in [2.24, 2.45) is 0 Å². The summed E-state index contributed by atoms with van der Waals surface area (Å²) in [5.41, 5.74) is 0.190. The largest absolute Gasteiger partial charge is 0.479 e. The number of carboxylic acids is 1. The van der Waals surface area contributed by atoms with Crippen molar-refractivity contribution in [3.63, 3.8) is 0 Å². The Hall–Kier alpha value is -1.60. The van der Waals surface area contributed by atoms with Gasteiger partial charge in [-0.25, -0.2) is 13.2 Å². The van der Waals surface area contributed by atoms with Gasteiger partial charge in [-0.15, -0.1) is 0 Å². The Labute approximate surface area is 121 Å². The Bertz CT molecular complexity index is 628. The molecule has 0 aromatic heterocycles. The van der Waals surface area contributed by atoms with E-state index in [4.69, 9.17) is 16.7 Å². The molecule has 0 fully saturated rings. The van der Waals surface area contributed by atoms with Gasteiger partial charge in [0.15, 0.2) is 15.9 Å². The number of hydrogen-bond acceptors (Lipinski definition) is 4. The first-order valence-corrected chi connectivity index (χ1v) is 7.94. The molecule has 0 aliphatic carbocycles. The predicted molar refractivity (Wildman–Crippen MR) is 74.3 cm³/mol. The van der Waals surface area contributed by atoms with Crippen molar-refractivity contribution in [1.29, 1.82) is 0 Å². The number of carboxylic acid groups (broad SMARTS) is 1. The standard InChI is InChI=1S/C12H14ClNO5S/c1-7(20(2,18)19)11(15)14-10(12(16)17)8-5-3-4-6-9(8)13/h3-7,10H,1-2H3,(H,14,15)(H,16,17)/t7?,10-/m1/s1. The molecular weight excluding hydrogens is 306 g/mol. The van der Waals surface area contributed by atoms with Crippen molar-refractivity contribution in [3.05, 3.63) is 34.9 Å². The van der Waals surface area contributed by atoms with Crippen LogP contribution in [-0.2, 0) is 19.4 Å². The fraction of sp³-hybridized carbons (Fsp3) is 0.333. The molecule has 0 aliphatic heterocycles. The monoisotopic (exact) mass is 319 g/mol. The SMILES string of the molecule is CC(C(=O)N[C@@H](C(=O)O)c1ccccc1Cl)S(C)(=O)=O. The zero-order valence-corrected chi connectivity index (χ0v) is 12.4. The molecule has 0 bridgehead atoms. The minimum absolute atomic E-state index is 0.173. The van der Waals surface area contributed by atoms with Crippen LogP contribution in [0.4, 0.5) is 0 Å². The van der Waals surface area contributed by atoms with Crippen LogP contribution in [0.2, 0.25) is 5.02 Å². The fourth-order valence-electron chi connectivity index (χ4n) is 1.44. The van der Waals surface area contributed by atoms with Crippen LogP contribution in [-0.4, -0.2) is 36.9 Å². The Morgan fingerprint density at radius 1 is 1.30 bits per heavy atom. The second kappa shape index (κ2) is 6.23. The molecule has 110 valence electrons. The molecule has 0 aliphatic rings. The molecule has 1 amide bonds. The Morgan fingerprint density at radius 3 is 2.30 bits per heavy atom. The van der Waals surface area contributed by atoms with Gasteiger partial charge in [0.25, 0.3) is 0 Å². The lowest BCUT2D eigenvalue weighted by atomic mass is 10.1. The van der Waals surface area contributed by atoms with Gasteiger partial charge in [-0.2, -0.15) is 0 Å². The van der Waals surface area contributed by atoms with Gasteiger partial charge in [-0.3, -0.25) is 4.79 Å². The summed E-state index contributed by atoms with van der Waals surface area (Å²) in [5, 5.41) is 10.2. The number of halogens is 1. The van der Waals surface area contributed by atoms with Crippen molar-refractivity contribution in [1.82, 2.24) is 5.32 Å². The zero-order chi connectivity index (χ0) is 15.5. The number of nitrogens with one attached hydrogen (secondary N) is 1. The number of carbonyl (C=O) groups is 2. The number of hydrogen-bond donors (Lipinski definition) is 2. The van der Waals surface area contributed by atoms with Gasteiger partial charge in [-0.05, 0) is 13.0 Å². The van der Waals surface area contributed by atoms with Crippen LogP contribution >= 0.6 is 11.6 Å². The summed E-state index contributed by atoms with van der Waals surface area (Å²) in [7, 11) is -3.60. The van der Waals surface area contributed by atoms with E-state index in [2.05, 4.69) is 5.32 Å². The second-order valence-corrected chi connectivity index (χ2v) is 7.05. The van der Waals surface area contributed by atoms with E-state index in [1.807, 2.05) is 0 Å². The summed E-state index contributed by atoms with van der Waals surface area (Å²) in [6.45, 7) is 1.19. The third-order valence-electron chi connectivity index (χ3n) is 2.76. The van der Waals surface area contributed by atoms with Gasteiger partial charge in [0.05, 0.1) is 0 Å². The number of rotatable bonds is 5. The minimum atomic E-state index is -3.60. The van der Waals surface area contributed by atoms with Crippen molar-refractivity contribution in [2.45, 2.75) is 18.2 Å². The molecule has 6 nitrogen and oxygen atoms in total. The summed E-state index contributed by atoms with van der Waals surface area (Å²) in [6.07, 6.45) is 0.905. The lowest BCUT2D eigenvalue weighted by Gasteiger charge is -2.18. The summed E-state index contributed by atoms with van der Waals surface area (Å²) >= 11 is 5.88. The van der Waals surface area contributed by atoms with E-state index in [0.717, 1.165) is 6.26 Å². The molecule has 1 unspecified atom stereocenters. The Balaban J connectivity index is 3.04. The fourth-order valence-corrected chi connectivity index (χ4v) is 2.14. The van der Waals surface area contributed by atoms with Crippen molar-refractivity contribution in [2.75, 3.05) is 6.26 Å². The number of benzene rings is 1. The van der Waals surface area contributed by atoms with Gasteiger partial charge in [-0.1, -0.05) is 29.8 Å².